The van der Waals surface area contributed by atoms with Crippen LogP contribution in [0.3, 0.4) is 0 Å². The number of ketones is 1. The highest BCUT2D eigenvalue weighted by Gasteiger charge is 2.28. The van der Waals surface area contributed by atoms with Crippen LogP contribution in [0, 0.1) is 5.92 Å². The molecule has 2 aliphatic rings. The number of nitrogens with zero attached hydrogens (tertiary/aromatic N) is 5. The number of carbonyl (C=O) groups is 1. The van der Waals surface area contributed by atoms with E-state index in [2.05, 4.69) is 44.7 Å². The first-order valence-corrected chi connectivity index (χ1v) is 12.5. The van der Waals surface area contributed by atoms with Crippen molar-refractivity contribution in [2.24, 2.45) is 5.92 Å². The third-order valence-corrected chi connectivity index (χ3v) is 7.30. The van der Waals surface area contributed by atoms with Gasteiger partial charge in [-0.1, -0.05) is 44.2 Å². The van der Waals surface area contributed by atoms with E-state index in [0.29, 0.717) is 12.2 Å². The fraction of sp³-hybridized carbons (Fsp3) is 0.519. The number of piperazine rings is 1. The molecule has 6 heteroatoms. The minimum absolute atomic E-state index is 0.0458. The number of aromatic nitrogens is 3. The van der Waals surface area contributed by atoms with Crippen molar-refractivity contribution in [3.05, 3.63) is 53.5 Å². The Balaban J connectivity index is 1.37. The lowest BCUT2D eigenvalue weighted by Crippen LogP contribution is -2.47. The fourth-order valence-corrected chi connectivity index (χ4v) is 5.28. The zero-order chi connectivity index (χ0) is 22.8. The number of anilines is 1. The summed E-state index contributed by atoms with van der Waals surface area (Å²) in [7, 11) is 0. The lowest BCUT2D eigenvalue weighted by molar-refractivity contribution is -0.121. The molecule has 0 radical (unpaired) electrons. The van der Waals surface area contributed by atoms with E-state index in [1.165, 1.54) is 24.1 Å². The van der Waals surface area contributed by atoms with Gasteiger partial charge in [-0.15, -0.1) is 0 Å². The molecular weight excluding hydrogens is 410 g/mol. The first-order valence-electron chi connectivity index (χ1n) is 12.5. The van der Waals surface area contributed by atoms with Crippen molar-refractivity contribution in [3.8, 4) is 0 Å². The highest BCUT2D eigenvalue weighted by atomic mass is 16.1. The monoisotopic (exact) mass is 445 g/mol. The van der Waals surface area contributed by atoms with Crippen molar-refractivity contribution in [1.82, 2.24) is 19.4 Å². The van der Waals surface area contributed by atoms with Gasteiger partial charge in [-0.25, -0.2) is 9.97 Å². The molecule has 4 heterocycles. The molecule has 1 fully saturated rings. The molecule has 1 saturated heterocycles. The van der Waals surface area contributed by atoms with Crippen LogP contribution in [-0.2, 0) is 30.6 Å². The smallest absolute Gasteiger partial charge is 0.156 e. The number of hydrogen-bond donors (Lipinski definition) is 0. The van der Waals surface area contributed by atoms with Crippen LogP contribution in [0.5, 0.6) is 0 Å². The largest absolute Gasteiger partial charge is 0.352 e. The van der Waals surface area contributed by atoms with Crippen molar-refractivity contribution in [1.29, 1.82) is 0 Å². The van der Waals surface area contributed by atoms with Gasteiger partial charge in [-0.05, 0) is 31.2 Å². The Bertz CT molecular complexity index is 1110. The van der Waals surface area contributed by atoms with Gasteiger partial charge in [0, 0.05) is 62.9 Å². The minimum atomic E-state index is 0.0458. The molecular formula is C27H35N5O. The summed E-state index contributed by atoms with van der Waals surface area (Å²) in [5, 5.41) is 0. The molecule has 0 bridgehead atoms. The van der Waals surface area contributed by atoms with Crippen molar-refractivity contribution in [3.63, 3.8) is 0 Å². The normalized spacial score (nSPS) is 17.0. The van der Waals surface area contributed by atoms with Crippen LogP contribution in [0.15, 0.2) is 36.7 Å². The lowest BCUT2D eigenvalue weighted by Gasteiger charge is -2.35. The van der Waals surface area contributed by atoms with E-state index in [9.17, 15) is 4.79 Å². The molecule has 2 aromatic heterocycles. The molecule has 6 nitrogen and oxygen atoms in total. The van der Waals surface area contributed by atoms with Gasteiger partial charge in [0.05, 0.1) is 5.52 Å². The van der Waals surface area contributed by atoms with E-state index >= 15 is 0 Å². The van der Waals surface area contributed by atoms with E-state index in [4.69, 9.17) is 9.97 Å². The molecule has 3 aromatic rings. The number of fused-ring (bicyclic) bond motifs is 3. The Labute approximate surface area is 196 Å². The quantitative estimate of drug-likeness (QED) is 0.552. The first kappa shape index (κ1) is 22.1. The van der Waals surface area contributed by atoms with Crippen LogP contribution in [-0.4, -0.2) is 57.9 Å². The Kier molecular flexibility index (Phi) is 6.45. The second-order valence-corrected chi connectivity index (χ2v) is 9.79. The number of benzene rings is 1. The summed E-state index contributed by atoms with van der Waals surface area (Å²) in [4.78, 5) is 27.1. The van der Waals surface area contributed by atoms with E-state index in [-0.39, 0.29) is 5.92 Å². The maximum Gasteiger partial charge on any atom is 0.156 e. The summed E-state index contributed by atoms with van der Waals surface area (Å²) in [6, 6.07) is 10.7. The first-order chi connectivity index (χ1) is 16.1. The second-order valence-electron chi connectivity index (χ2n) is 9.79. The molecule has 0 amide bonds. The zero-order valence-electron chi connectivity index (χ0n) is 20.0. The van der Waals surface area contributed by atoms with Gasteiger partial charge in [0.2, 0.25) is 0 Å². The number of hydrogen-bond acceptors (Lipinski definition) is 5. The summed E-state index contributed by atoms with van der Waals surface area (Å²) in [5.41, 5.74) is 6.01. The molecule has 0 aliphatic carbocycles. The topological polar surface area (TPSA) is 54.3 Å². The molecule has 0 unspecified atom stereocenters. The summed E-state index contributed by atoms with van der Waals surface area (Å²) in [6.45, 7) is 10.1. The average Bonchev–Trinajstić information content (AvgIpc) is 3.17. The Morgan fingerprint density at radius 1 is 1.00 bits per heavy atom. The Hall–Kier alpha value is -2.73. The summed E-state index contributed by atoms with van der Waals surface area (Å²) in [6.07, 6.45) is 6.68. The number of rotatable bonds is 7. The van der Waals surface area contributed by atoms with Gasteiger partial charge in [-0.3, -0.25) is 9.69 Å². The molecule has 0 spiro atoms. The molecule has 5 rings (SSSR count). The van der Waals surface area contributed by atoms with Crippen molar-refractivity contribution in [2.45, 2.75) is 52.5 Å². The number of carbonyl (C=O) groups excluding carboxylic acids is 1. The van der Waals surface area contributed by atoms with E-state index in [1.807, 2.05) is 13.8 Å². The molecule has 0 atom stereocenters. The van der Waals surface area contributed by atoms with Crippen molar-refractivity contribution >= 4 is 22.6 Å². The van der Waals surface area contributed by atoms with Gasteiger partial charge in [0.15, 0.2) is 5.82 Å². The highest BCUT2D eigenvalue weighted by molar-refractivity contribution is 5.94. The van der Waals surface area contributed by atoms with Gasteiger partial charge >= 0.3 is 0 Å². The summed E-state index contributed by atoms with van der Waals surface area (Å²) >= 11 is 0. The maximum atomic E-state index is 12.7. The average molecular weight is 446 g/mol. The molecule has 0 N–H and O–H groups in total. The Morgan fingerprint density at radius 2 is 1.79 bits per heavy atom. The van der Waals surface area contributed by atoms with Crippen LogP contribution >= 0.6 is 0 Å². The summed E-state index contributed by atoms with van der Waals surface area (Å²) in [5.74, 6) is 1.39. The Morgan fingerprint density at radius 3 is 2.55 bits per heavy atom. The lowest BCUT2D eigenvalue weighted by atomic mass is 9.98. The van der Waals surface area contributed by atoms with Crippen LogP contribution in [0.2, 0.25) is 0 Å². The van der Waals surface area contributed by atoms with Gasteiger partial charge in [0.1, 0.15) is 17.6 Å². The van der Waals surface area contributed by atoms with Crippen LogP contribution in [0.25, 0.3) is 11.0 Å². The van der Waals surface area contributed by atoms with Gasteiger partial charge in [0.25, 0.3) is 0 Å². The van der Waals surface area contributed by atoms with Crippen LogP contribution < -0.4 is 4.90 Å². The summed E-state index contributed by atoms with van der Waals surface area (Å²) < 4.78 is 2.43. The molecule has 0 saturated carbocycles. The third-order valence-electron chi connectivity index (χ3n) is 7.30. The van der Waals surface area contributed by atoms with Gasteiger partial charge < -0.3 is 9.47 Å². The molecule has 1 aromatic carbocycles. The van der Waals surface area contributed by atoms with E-state index < -0.39 is 0 Å². The molecule has 174 valence electrons. The standard InChI is InChI=1S/C27H35N5O/c1-20(2)24(33)18-22-23-10-6-7-12-32(23)26-25(22)28-19-29-27(26)31-16-14-30(15-17-31)13-11-21-8-4-3-5-9-21/h3-5,8-9,19-20H,6-7,10-18H2,1-2H3. The van der Waals surface area contributed by atoms with Crippen molar-refractivity contribution in [2.75, 3.05) is 37.6 Å². The predicted molar refractivity (Wildman–Crippen MR) is 133 cm³/mol. The second kappa shape index (κ2) is 9.64. The number of Topliss-reactive ketones (excluding diaryl/α,β-unsaturated/α-hetero) is 1. The fourth-order valence-electron chi connectivity index (χ4n) is 5.28. The molecule has 2 aliphatic heterocycles. The van der Waals surface area contributed by atoms with Crippen molar-refractivity contribution < 1.29 is 4.79 Å². The maximum absolute atomic E-state index is 12.7. The zero-order valence-corrected chi connectivity index (χ0v) is 20.0. The highest BCUT2D eigenvalue weighted by Crippen LogP contribution is 2.35. The van der Waals surface area contributed by atoms with E-state index in [0.717, 1.165) is 74.5 Å². The molecule has 33 heavy (non-hydrogen) atoms. The van der Waals surface area contributed by atoms with E-state index in [1.54, 1.807) is 6.33 Å². The van der Waals surface area contributed by atoms with Gasteiger partial charge in [-0.2, -0.15) is 0 Å². The third kappa shape index (κ3) is 4.54. The minimum Gasteiger partial charge on any atom is -0.352 e. The predicted octanol–water partition coefficient (Wildman–Crippen LogP) is 3.90. The SMILES string of the molecule is CC(C)C(=O)Cc1c2n(c3c(N4CCN(CCc5ccccc5)CC4)ncnc13)CCCC2. The number of aryl methyl sites for hydroxylation is 1. The van der Waals surface area contributed by atoms with Crippen LogP contribution in [0.1, 0.15) is 43.5 Å². The van der Waals surface area contributed by atoms with Crippen LogP contribution in [0.4, 0.5) is 5.82 Å².